The summed E-state index contributed by atoms with van der Waals surface area (Å²) in [4.78, 5) is 9.46. The summed E-state index contributed by atoms with van der Waals surface area (Å²) in [6.07, 6.45) is 2.52. The Bertz CT molecular complexity index is 647. The molecule has 1 aliphatic carbocycles. The maximum Gasteiger partial charge on any atom is 0.205 e. The van der Waals surface area contributed by atoms with Gasteiger partial charge in [-0.25, -0.2) is 4.98 Å². The van der Waals surface area contributed by atoms with Crippen molar-refractivity contribution in [2.45, 2.75) is 18.8 Å². The average Bonchev–Trinajstić information content (AvgIpc) is 3.32. The van der Waals surface area contributed by atoms with E-state index in [0.717, 1.165) is 42.9 Å². The molecule has 0 unspecified atom stereocenters. The Balaban J connectivity index is 1.43. The van der Waals surface area contributed by atoms with Crippen LogP contribution in [0.4, 0.5) is 10.8 Å². The molecule has 6 heteroatoms. The van der Waals surface area contributed by atoms with Crippen molar-refractivity contribution in [2.75, 3.05) is 43.1 Å². The molecule has 2 fully saturated rings. The molecule has 1 aromatic carbocycles. The lowest BCUT2D eigenvalue weighted by molar-refractivity contribution is 0.413. The van der Waals surface area contributed by atoms with Gasteiger partial charge in [0.25, 0.3) is 0 Å². The molecule has 2 aliphatic rings. The number of ether oxygens (including phenoxy) is 1. The molecule has 4 rings (SSSR count). The molecular weight excluding hydrogens is 296 g/mol. The number of rotatable bonds is 4. The fourth-order valence-electron chi connectivity index (χ4n) is 2.89. The van der Waals surface area contributed by atoms with Crippen LogP contribution >= 0.6 is 11.5 Å². The predicted molar refractivity (Wildman–Crippen MR) is 89.3 cm³/mol. The van der Waals surface area contributed by atoms with E-state index in [0.29, 0.717) is 5.92 Å². The van der Waals surface area contributed by atoms with Crippen LogP contribution in [-0.4, -0.2) is 42.6 Å². The molecule has 0 amide bonds. The molecule has 2 heterocycles. The summed E-state index contributed by atoms with van der Waals surface area (Å²) in [7, 11) is 1.73. The minimum absolute atomic E-state index is 0.639. The molecule has 1 saturated heterocycles. The van der Waals surface area contributed by atoms with Crippen molar-refractivity contribution >= 4 is 22.4 Å². The number of methoxy groups -OCH3 is 1. The highest BCUT2D eigenvalue weighted by atomic mass is 32.1. The smallest absolute Gasteiger partial charge is 0.205 e. The first kappa shape index (κ1) is 13.8. The number of aromatic nitrogens is 2. The van der Waals surface area contributed by atoms with E-state index in [-0.39, 0.29) is 0 Å². The molecule has 1 aromatic heterocycles. The van der Waals surface area contributed by atoms with Gasteiger partial charge < -0.3 is 14.5 Å². The Labute approximate surface area is 134 Å². The van der Waals surface area contributed by atoms with Crippen molar-refractivity contribution in [3.63, 3.8) is 0 Å². The fraction of sp³-hybridized carbons (Fsp3) is 0.500. The molecule has 116 valence electrons. The van der Waals surface area contributed by atoms with E-state index < -0.39 is 0 Å². The van der Waals surface area contributed by atoms with Gasteiger partial charge in [-0.1, -0.05) is 12.1 Å². The first-order valence-corrected chi connectivity index (χ1v) is 8.59. The predicted octanol–water partition coefficient (Wildman–Crippen LogP) is 2.75. The van der Waals surface area contributed by atoms with Crippen molar-refractivity contribution in [1.29, 1.82) is 0 Å². The van der Waals surface area contributed by atoms with Crippen LogP contribution in [-0.2, 0) is 0 Å². The van der Waals surface area contributed by atoms with E-state index in [1.807, 2.05) is 12.1 Å². The third-order valence-corrected chi connectivity index (χ3v) is 5.14. The van der Waals surface area contributed by atoms with Gasteiger partial charge in [-0.05, 0) is 25.0 Å². The van der Waals surface area contributed by atoms with Crippen LogP contribution in [0, 0.1) is 0 Å². The van der Waals surface area contributed by atoms with Gasteiger partial charge >= 0.3 is 0 Å². The van der Waals surface area contributed by atoms with Crippen molar-refractivity contribution in [3.05, 3.63) is 30.1 Å². The Hall–Kier alpha value is -1.82. The molecule has 1 saturated carbocycles. The lowest BCUT2D eigenvalue weighted by Crippen LogP contribution is -2.46. The summed E-state index contributed by atoms with van der Waals surface area (Å²) in [6.45, 7) is 3.94. The number of benzene rings is 1. The van der Waals surface area contributed by atoms with Crippen LogP contribution in [0.1, 0.15) is 24.6 Å². The van der Waals surface area contributed by atoms with E-state index in [1.165, 1.54) is 18.5 Å². The van der Waals surface area contributed by atoms with E-state index in [2.05, 4.69) is 26.3 Å². The summed E-state index contributed by atoms with van der Waals surface area (Å²) in [5.74, 6) is 2.65. The highest BCUT2D eigenvalue weighted by molar-refractivity contribution is 7.09. The van der Waals surface area contributed by atoms with E-state index in [4.69, 9.17) is 9.72 Å². The highest BCUT2D eigenvalue weighted by Gasteiger charge is 2.29. The third-order valence-electron chi connectivity index (χ3n) is 4.35. The normalized spacial score (nSPS) is 18.6. The second kappa shape index (κ2) is 5.76. The van der Waals surface area contributed by atoms with Crippen molar-refractivity contribution in [1.82, 2.24) is 9.36 Å². The molecule has 0 N–H and O–H groups in total. The molecule has 2 aromatic rings. The number of piperazine rings is 1. The number of hydrogen-bond donors (Lipinski definition) is 0. The molecule has 0 atom stereocenters. The van der Waals surface area contributed by atoms with E-state index in [1.54, 1.807) is 18.6 Å². The Morgan fingerprint density at radius 2 is 1.82 bits per heavy atom. The number of hydrogen-bond acceptors (Lipinski definition) is 6. The second-order valence-electron chi connectivity index (χ2n) is 5.86. The zero-order valence-electron chi connectivity index (χ0n) is 12.7. The summed E-state index contributed by atoms with van der Waals surface area (Å²) in [5, 5.41) is 1.08. The van der Waals surface area contributed by atoms with Crippen LogP contribution in [0.3, 0.4) is 0 Å². The summed E-state index contributed by atoms with van der Waals surface area (Å²) in [6, 6.07) is 8.23. The topological polar surface area (TPSA) is 41.5 Å². The molecule has 22 heavy (non-hydrogen) atoms. The molecule has 1 aliphatic heterocycles. The SMILES string of the molecule is COc1ccccc1N1CCN(c2nc(C3CC3)ns2)CC1. The largest absolute Gasteiger partial charge is 0.495 e. The van der Waals surface area contributed by atoms with Crippen LogP contribution in [0.2, 0.25) is 0 Å². The van der Waals surface area contributed by atoms with Crippen LogP contribution in [0.25, 0.3) is 0 Å². The first-order valence-electron chi connectivity index (χ1n) is 7.81. The minimum Gasteiger partial charge on any atom is -0.495 e. The summed E-state index contributed by atoms with van der Waals surface area (Å²) < 4.78 is 9.98. The van der Waals surface area contributed by atoms with Gasteiger partial charge in [0.15, 0.2) is 0 Å². The van der Waals surface area contributed by atoms with Gasteiger partial charge in [-0.15, -0.1) is 0 Å². The molecule has 0 radical (unpaired) electrons. The van der Waals surface area contributed by atoms with Gasteiger partial charge in [0.05, 0.1) is 12.8 Å². The second-order valence-corrected chi connectivity index (χ2v) is 6.59. The lowest BCUT2D eigenvalue weighted by atomic mass is 10.2. The van der Waals surface area contributed by atoms with Crippen molar-refractivity contribution in [2.24, 2.45) is 0 Å². The zero-order chi connectivity index (χ0) is 14.9. The van der Waals surface area contributed by atoms with Gasteiger partial charge in [0.1, 0.15) is 11.6 Å². The molecule has 0 bridgehead atoms. The fourth-order valence-corrected chi connectivity index (χ4v) is 3.69. The quantitative estimate of drug-likeness (QED) is 0.867. The molecule has 5 nitrogen and oxygen atoms in total. The third kappa shape index (κ3) is 2.63. The van der Waals surface area contributed by atoms with E-state index in [9.17, 15) is 0 Å². The Morgan fingerprint density at radius 1 is 1.09 bits per heavy atom. The standard InChI is InChI=1S/C16H20N4OS/c1-21-14-5-3-2-4-13(14)19-8-10-20(11-9-19)16-17-15(18-22-16)12-6-7-12/h2-5,12H,6-11H2,1H3. The van der Waals surface area contributed by atoms with Gasteiger partial charge in [-0.2, -0.15) is 4.37 Å². The maximum absolute atomic E-state index is 5.47. The zero-order valence-corrected chi connectivity index (χ0v) is 13.6. The van der Waals surface area contributed by atoms with Gasteiger partial charge in [0.2, 0.25) is 5.13 Å². The Morgan fingerprint density at radius 3 is 2.55 bits per heavy atom. The first-order chi connectivity index (χ1) is 10.8. The molecule has 0 spiro atoms. The number of para-hydroxylation sites is 2. The van der Waals surface area contributed by atoms with Gasteiger partial charge in [0, 0.05) is 43.6 Å². The highest BCUT2D eigenvalue weighted by Crippen LogP contribution is 2.40. The van der Waals surface area contributed by atoms with E-state index >= 15 is 0 Å². The minimum atomic E-state index is 0.639. The monoisotopic (exact) mass is 316 g/mol. The van der Waals surface area contributed by atoms with Crippen LogP contribution < -0.4 is 14.5 Å². The van der Waals surface area contributed by atoms with Crippen molar-refractivity contribution in [3.8, 4) is 5.75 Å². The molecular formula is C16H20N4OS. The number of nitrogens with zero attached hydrogens (tertiary/aromatic N) is 4. The number of anilines is 2. The average molecular weight is 316 g/mol. The lowest BCUT2D eigenvalue weighted by Gasteiger charge is -2.36. The van der Waals surface area contributed by atoms with Crippen LogP contribution in [0.15, 0.2) is 24.3 Å². The maximum atomic E-state index is 5.47. The summed E-state index contributed by atoms with van der Waals surface area (Å²) in [5.41, 5.74) is 1.18. The van der Waals surface area contributed by atoms with Crippen molar-refractivity contribution < 1.29 is 4.74 Å². The van der Waals surface area contributed by atoms with Gasteiger partial charge in [-0.3, -0.25) is 0 Å². The van der Waals surface area contributed by atoms with Crippen LogP contribution in [0.5, 0.6) is 5.75 Å². The summed E-state index contributed by atoms with van der Waals surface area (Å²) >= 11 is 1.55. The Kier molecular flexibility index (Phi) is 3.62.